The number of rotatable bonds is 6. The van der Waals surface area contributed by atoms with Gasteiger partial charge in [0.15, 0.2) is 0 Å². The van der Waals surface area contributed by atoms with Crippen molar-refractivity contribution in [3.8, 4) is 0 Å². The van der Waals surface area contributed by atoms with Crippen molar-refractivity contribution in [2.75, 3.05) is 52.5 Å². The quantitative estimate of drug-likeness (QED) is 0.748. The highest BCUT2D eigenvalue weighted by Gasteiger charge is 2.32. The van der Waals surface area contributed by atoms with E-state index in [1.807, 2.05) is 4.90 Å². The van der Waals surface area contributed by atoms with E-state index in [2.05, 4.69) is 11.8 Å². The zero-order valence-corrected chi connectivity index (χ0v) is 14.6. The molecule has 0 aromatic rings. The molecule has 0 radical (unpaired) electrons. The van der Waals surface area contributed by atoms with Crippen LogP contribution in [0.3, 0.4) is 0 Å². The fourth-order valence-corrected chi connectivity index (χ4v) is 4.08. The summed E-state index contributed by atoms with van der Waals surface area (Å²) in [7, 11) is 0. The van der Waals surface area contributed by atoms with Crippen LogP contribution in [0.15, 0.2) is 0 Å². The molecule has 3 rings (SSSR count). The molecule has 0 aromatic heterocycles. The molecule has 0 spiro atoms. The van der Waals surface area contributed by atoms with Crippen LogP contribution in [0.5, 0.6) is 0 Å². The second-order valence-corrected chi connectivity index (χ2v) is 7.82. The second kappa shape index (κ2) is 7.95. The first-order valence-corrected chi connectivity index (χ1v) is 9.34. The van der Waals surface area contributed by atoms with Gasteiger partial charge >= 0.3 is 0 Å². The van der Waals surface area contributed by atoms with E-state index in [4.69, 9.17) is 9.47 Å². The van der Waals surface area contributed by atoms with Crippen molar-refractivity contribution >= 4 is 5.91 Å². The van der Waals surface area contributed by atoms with E-state index < -0.39 is 0 Å². The number of ether oxygens (including phenoxy) is 2. The molecule has 0 aromatic carbocycles. The maximum atomic E-state index is 12.6. The fraction of sp³-hybridized carbons (Fsp3) is 0.944. The number of likely N-dealkylation sites (tertiary alicyclic amines) is 1. The maximum Gasteiger partial charge on any atom is 0.236 e. The molecule has 0 saturated carbocycles. The van der Waals surface area contributed by atoms with Crippen molar-refractivity contribution in [3.05, 3.63) is 0 Å². The molecule has 0 aliphatic carbocycles. The van der Waals surface area contributed by atoms with E-state index in [1.165, 1.54) is 0 Å². The van der Waals surface area contributed by atoms with Gasteiger partial charge < -0.3 is 14.4 Å². The highest BCUT2D eigenvalue weighted by Crippen LogP contribution is 2.31. The average molecular weight is 324 g/mol. The van der Waals surface area contributed by atoms with Gasteiger partial charge in [-0.3, -0.25) is 9.69 Å². The number of hydrogen-bond acceptors (Lipinski definition) is 4. The lowest BCUT2D eigenvalue weighted by Gasteiger charge is -2.39. The van der Waals surface area contributed by atoms with Gasteiger partial charge in [0.2, 0.25) is 5.91 Å². The molecular formula is C18H32N2O3. The van der Waals surface area contributed by atoms with Gasteiger partial charge in [-0.05, 0) is 43.9 Å². The molecule has 1 atom stereocenters. The Bertz CT molecular complexity index is 384. The summed E-state index contributed by atoms with van der Waals surface area (Å²) in [6.45, 7) is 9.24. The Morgan fingerprint density at radius 3 is 2.57 bits per heavy atom. The Labute approximate surface area is 140 Å². The monoisotopic (exact) mass is 324 g/mol. The lowest BCUT2D eigenvalue weighted by Crippen LogP contribution is -2.47. The predicted octanol–water partition coefficient (Wildman–Crippen LogP) is 1.91. The summed E-state index contributed by atoms with van der Waals surface area (Å²) in [4.78, 5) is 17.0. The molecule has 0 bridgehead atoms. The molecule has 3 saturated heterocycles. The van der Waals surface area contributed by atoms with E-state index in [0.717, 1.165) is 84.5 Å². The number of amides is 1. The van der Waals surface area contributed by atoms with Crippen LogP contribution < -0.4 is 0 Å². The summed E-state index contributed by atoms with van der Waals surface area (Å²) in [6, 6.07) is 0. The van der Waals surface area contributed by atoms with Gasteiger partial charge in [0.1, 0.15) is 0 Å². The summed E-state index contributed by atoms with van der Waals surface area (Å²) in [5.74, 6) is 0.302. The fourth-order valence-electron chi connectivity index (χ4n) is 4.08. The number of hydrogen-bond donors (Lipinski definition) is 0. The third-order valence-corrected chi connectivity index (χ3v) is 5.61. The average Bonchev–Trinajstić information content (AvgIpc) is 3.20. The molecule has 5 heteroatoms. The van der Waals surface area contributed by atoms with E-state index >= 15 is 0 Å². The normalized spacial score (nSPS) is 27.7. The minimum absolute atomic E-state index is 0.266. The summed E-state index contributed by atoms with van der Waals surface area (Å²) in [5, 5.41) is 0. The molecule has 3 aliphatic heterocycles. The molecule has 0 N–H and O–H groups in total. The van der Waals surface area contributed by atoms with Crippen LogP contribution in [0.1, 0.15) is 45.4 Å². The van der Waals surface area contributed by atoms with E-state index in [1.54, 1.807) is 0 Å². The van der Waals surface area contributed by atoms with Gasteiger partial charge in [0.25, 0.3) is 0 Å². The number of nitrogens with zero attached hydrogens (tertiary/aromatic N) is 2. The van der Waals surface area contributed by atoms with Gasteiger partial charge in [-0.15, -0.1) is 0 Å². The van der Waals surface area contributed by atoms with Crippen LogP contribution in [-0.2, 0) is 14.3 Å². The Hall–Kier alpha value is -0.650. The first-order chi connectivity index (χ1) is 11.1. The topological polar surface area (TPSA) is 42.0 Å². The Kier molecular flexibility index (Phi) is 5.94. The molecule has 5 nitrogen and oxygen atoms in total. The van der Waals surface area contributed by atoms with E-state index in [9.17, 15) is 4.79 Å². The second-order valence-electron chi connectivity index (χ2n) is 7.82. The van der Waals surface area contributed by atoms with Crippen LogP contribution >= 0.6 is 0 Å². The van der Waals surface area contributed by atoms with Gasteiger partial charge in [-0.25, -0.2) is 0 Å². The molecule has 3 heterocycles. The Morgan fingerprint density at radius 1 is 1.17 bits per heavy atom. The lowest BCUT2D eigenvalue weighted by molar-refractivity contribution is -0.132. The third-order valence-electron chi connectivity index (χ3n) is 5.61. The molecular weight excluding hydrogens is 292 g/mol. The molecule has 1 unspecified atom stereocenters. The van der Waals surface area contributed by atoms with Gasteiger partial charge in [-0.2, -0.15) is 0 Å². The van der Waals surface area contributed by atoms with Crippen molar-refractivity contribution in [1.82, 2.24) is 9.80 Å². The summed E-state index contributed by atoms with van der Waals surface area (Å²) in [6.07, 6.45) is 7.10. The molecule has 23 heavy (non-hydrogen) atoms. The third kappa shape index (κ3) is 4.91. The Balaban J connectivity index is 1.58. The van der Waals surface area contributed by atoms with Crippen molar-refractivity contribution in [3.63, 3.8) is 0 Å². The molecule has 3 fully saturated rings. The number of carbonyl (C=O) groups excluding carboxylic acids is 1. The van der Waals surface area contributed by atoms with Crippen molar-refractivity contribution in [2.45, 2.75) is 51.6 Å². The molecule has 3 aliphatic rings. The van der Waals surface area contributed by atoms with Crippen LogP contribution in [0, 0.1) is 5.41 Å². The van der Waals surface area contributed by atoms with Gasteiger partial charge in [0.05, 0.1) is 12.6 Å². The molecule has 132 valence electrons. The minimum Gasteiger partial charge on any atom is -0.381 e. The predicted molar refractivity (Wildman–Crippen MR) is 89.4 cm³/mol. The zero-order chi connectivity index (χ0) is 16.1. The largest absolute Gasteiger partial charge is 0.381 e. The van der Waals surface area contributed by atoms with Crippen LogP contribution in [0.4, 0.5) is 0 Å². The number of carbonyl (C=O) groups is 1. The first kappa shape index (κ1) is 17.2. The smallest absolute Gasteiger partial charge is 0.236 e. The summed E-state index contributed by atoms with van der Waals surface area (Å²) < 4.78 is 11.3. The Morgan fingerprint density at radius 2 is 1.91 bits per heavy atom. The standard InChI is InChI=1S/C18H32N2O3/c1-18(6-11-22-12-7-18)15-19(13-16-5-4-10-23-16)14-17(21)20-8-2-3-9-20/h16H,2-15H2,1H3. The summed E-state index contributed by atoms with van der Waals surface area (Å²) >= 11 is 0. The highest BCUT2D eigenvalue weighted by molar-refractivity contribution is 5.78. The van der Waals surface area contributed by atoms with Crippen molar-refractivity contribution < 1.29 is 14.3 Å². The molecule has 1 amide bonds. The lowest BCUT2D eigenvalue weighted by atomic mass is 9.82. The van der Waals surface area contributed by atoms with Crippen molar-refractivity contribution in [1.29, 1.82) is 0 Å². The van der Waals surface area contributed by atoms with E-state index in [0.29, 0.717) is 18.6 Å². The first-order valence-electron chi connectivity index (χ1n) is 9.34. The maximum absolute atomic E-state index is 12.6. The van der Waals surface area contributed by atoms with Crippen LogP contribution in [0.25, 0.3) is 0 Å². The van der Waals surface area contributed by atoms with Crippen molar-refractivity contribution in [2.24, 2.45) is 5.41 Å². The highest BCUT2D eigenvalue weighted by atomic mass is 16.5. The van der Waals surface area contributed by atoms with Gasteiger partial charge in [-0.1, -0.05) is 6.92 Å². The van der Waals surface area contributed by atoms with Crippen LogP contribution in [0.2, 0.25) is 0 Å². The van der Waals surface area contributed by atoms with Gasteiger partial charge in [0, 0.05) is 46.0 Å². The SMILES string of the molecule is CC1(CN(CC(=O)N2CCCC2)CC2CCCO2)CCOCC1. The van der Waals surface area contributed by atoms with Crippen LogP contribution in [-0.4, -0.2) is 74.4 Å². The summed E-state index contributed by atoms with van der Waals surface area (Å²) in [5.41, 5.74) is 0.266. The minimum atomic E-state index is 0.266. The zero-order valence-electron chi connectivity index (χ0n) is 14.6. The van der Waals surface area contributed by atoms with E-state index in [-0.39, 0.29) is 5.41 Å².